The van der Waals surface area contributed by atoms with Crippen LogP contribution in [0, 0.1) is 13.8 Å². The second-order valence-corrected chi connectivity index (χ2v) is 17.1. The van der Waals surface area contributed by atoms with Gasteiger partial charge < -0.3 is 37.9 Å². The molecule has 0 atom stereocenters. The zero-order chi connectivity index (χ0) is 35.7. The molecule has 48 heavy (non-hydrogen) atoms. The third-order valence-electron chi connectivity index (χ3n) is 11.1. The van der Waals surface area contributed by atoms with Crippen molar-refractivity contribution >= 4 is 64.3 Å². The van der Waals surface area contributed by atoms with Crippen molar-refractivity contribution in [1.29, 1.82) is 0 Å². The zero-order valence-corrected chi connectivity index (χ0v) is 32.8. The molecule has 3 fully saturated rings. The minimum Gasteiger partial charge on any atom is -0.405 e. The summed E-state index contributed by atoms with van der Waals surface area (Å²) in [5.41, 5.74) is 3.89. The van der Waals surface area contributed by atoms with Gasteiger partial charge in [-0.3, -0.25) is 0 Å². The van der Waals surface area contributed by atoms with Crippen molar-refractivity contribution in [2.24, 2.45) is 0 Å². The number of aryl methyl sites for hydroxylation is 2. The van der Waals surface area contributed by atoms with Gasteiger partial charge in [0, 0.05) is 38.7 Å². The highest BCUT2D eigenvalue weighted by molar-refractivity contribution is 9.10. The van der Waals surface area contributed by atoms with Gasteiger partial charge in [0.05, 0.1) is 33.6 Å². The average Bonchev–Trinajstić information content (AvgIpc) is 3.70. The van der Waals surface area contributed by atoms with Gasteiger partial charge in [0.1, 0.15) is 0 Å². The molecule has 0 saturated carbocycles. The van der Waals surface area contributed by atoms with Crippen LogP contribution in [0.5, 0.6) is 0 Å². The van der Waals surface area contributed by atoms with Crippen molar-refractivity contribution in [2.75, 3.05) is 0 Å². The highest BCUT2D eigenvalue weighted by Gasteiger charge is 2.63. The van der Waals surface area contributed by atoms with Crippen molar-refractivity contribution in [3.05, 3.63) is 64.4 Å². The van der Waals surface area contributed by atoms with Crippen LogP contribution in [-0.4, -0.2) is 64.7 Å². The normalized spacial score (nSPS) is 22.9. The van der Waals surface area contributed by atoms with Crippen LogP contribution in [0.1, 0.15) is 94.2 Å². The van der Waals surface area contributed by atoms with Gasteiger partial charge in [-0.05, 0) is 132 Å². The van der Waals surface area contributed by atoms with Crippen molar-refractivity contribution in [3.63, 3.8) is 0 Å². The molecule has 3 saturated heterocycles. The van der Waals surface area contributed by atoms with Crippen LogP contribution in [0.15, 0.2) is 53.3 Å². The molecule has 3 aliphatic rings. The van der Waals surface area contributed by atoms with E-state index in [1.165, 1.54) is 27.4 Å². The summed E-state index contributed by atoms with van der Waals surface area (Å²) in [6.45, 7) is 28.7. The average molecular weight is 721 g/mol. The summed E-state index contributed by atoms with van der Waals surface area (Å²) in [5.74, 6) is 0. The standard InChI is InChI=1S/C15H20BNO2.C12H24B2O4.C9H8BrN/c1-10-9-17-12-8-6-7-11(13(10)12)16-18-14(2,3)15(4,5)19-16;1-9(2)10(3,4)16-13(15-9)14-17-11(5,6)12(7,8)18-14;1-6-5-11-8-4-2-3-7(10)9(6)8/h6-9,17H,1-5H3;1-8H3;2-5,11H,1H3. The second kappa shape index (κ2) is 12.6. The van der Waals surface area contributed by atoms with E-state index in [2.05, 4.69) is 91.7 Å². The topological polar surface area (TPSA) is 87.0 Å². The van der Waals surface area contributed by atoms with Gasteiger partial charge in [0.15, 0.2) is 0 Å². The number of aromatic amines is 2. The molecule has 0 bridgehead atoms. The predicted molar refractivity (Wildman–Crippen MR) is 202 cm³/mol. The first-order valence-corrected chi connectivity index (χ1v) is 17.6. The maximum Gasteiger partial charge on any atom is 0.495 e. The van der Waals surface area contributed by atoms with E-state index in [0.717, 1.165) is 15.5 Å². The first kappa shape index (κ1) is 37.2. The van der Waals surface area contributed by atoms with Crippen LogP contribution in [0.2, 0.25) is 0 Å². The Kier molecular flexibility index (Phi) is 9.79. The quantitative estimate of drug-likeness (QED) is 0.203. The number of H-pyrrole nitrogens is 2. The molecule has 2 aromatic heterocycles. The van der Waals surface area contributed by atoms with Crippen molar-refractivity contribution in [2.45, 2.75) is 131 Å². The molecule has 0 unspecified atom stereocenters. The van der Waals surface area contributed by atoms with Gasteiger partial charge in [-0.1, -0.05) is 34.1 Å². The Morgan fingerprint density at radius 2 is 0.854 bits per heavy atom. The van der Waals surface area contributed by atoms with Crippen LogP contribution < -0.4 is 5.46 Å². The molecular weight excluding hydrogens is 669 g/mol. The molecule has 0 amide bonds. The molecule has 0 radical (unpaired) electrons. The maximum atomic E-state index is 6.15. The van der Waals surface area contributed by atoms with Crippen molar-refractivity contribution < 1.29 is 27.9 Å². The summed E-state index contributed by atoms with van der Waals surface area (Å²) in [4.78, 5) is 6.48. The molecule has 4 aromatic rings. The lowest BCUT2D eigenvalue weighted by Gasteiger charge is -2.32. The lowest BCUT2D eigenvalue weighted by atomic mass is 9.49. The van der Waals surface area contributed by atoms with Crippen LogP contribution in [0.3, 0.4) is 0 Å². The van der Waals surface area contributed by atoms with E-state index in [1.54, 1.807) is 0 Å². The maximum absolute atomic E-state index is 6.15. The predicted octanol–water partition coefficient (Wildman–Crippen LogP) is 8.26. The molecule has 3 aliphatic heterocycles. The van der Waals surface area contributed by atoms with Gasteiger partial charge in [-0.2, -0.15) is 0 Å². The Balaban J connectivity index is 0.000000146. The SMILES string of the molecule is CC1(C)OB(B2OC(C)(C)C(C)(C)O2)OC1(C)C.Cc1c[nH]c2cccc(B3OC(C)(C)C(C)(C)O3)c12.Cc1c[nH]c2cccc(Br)c12. The summed E-state index contributed by atoms with van der Waals surface area (Å²) in [6.07, 6.45) is 4.05. The molecule has 8 nitrogen and oxygen atoms in total. The Hall–Kier alpha value is -2.05. The zero-order valence-electron chi connectivity index (χ0n) is 31.2. The lowest BCUT2D eigenvalue weighted by molar-refractivity contribution is 0.00578. The molecule has 0 spiro atoms. The van der Waals surface area contributed by atoms with Crippen LogP contribution in [-0.2, 0) is 27.9 Å². The minimum atomic E-state index is -0.476. The molecule has 5 heterocycles. The molecule has 2 N–H and O–H groups in total. The Morgan fingerprint density at radius 3 is 1.27 bits per heavy atom. The van der Waals surface area contributed by atoms with E-state index in [0.29, 0.717) is 0 Å². The van der Waals surface area contributed by atoms with E-state index in [-0.39, 0.29) is 40.7 Å². The number of benzene rings is 2. The minimum absolute atomic E-state index is 0.302. The molecule has 0 aliphatic carbocycles. The van der Waals surface area contributed by atoms with Crippen LogP contribution in [0.25, 0.3) is 21.8 Å². The van der Waals surface area contributed by atoms with Crippen molar-refractivity contribution in [3.8, 4) is 0 Å². The Labute approximate surface area is 296 Å². The first-order valence-electron chi connectivity index (χ1n) is 16.8. The monoisotopic (exact) mass is 720 g/mol. The number of aromatic nitrogens is 2. The summed E-state index contributed by atoms with van der Waals surface area (Å²) < 4.78 is 37.3. The van der Waals surface area contributed by atoms with Gasteiger partial charge in [-0.15, -0.1) is 0 Å². The number of halogens is 1. The Bertz CT molecular complexity index is 1700. The molecule has 12 heteroatoms. The summed E-state index contributed by atoms with van der Waals surface area (Å²) in [5, 5.41) is 2.49. The number of rotatable bonds is 2. The van der Waals surface area contributed by atoms with E-state index in [4.69, 9.17) is 27.9 Å². The molecule has 2 aromatic carbocycles. The number of hydrogen-bond donors (Lipinski definition) is 2. The largest absolute Gasteiger partial charge is 0.495 e. The molecular formula is C36H52B3BrN2O6. The first-order chi connectivity index (χ1) is 22.0. The van der Waals surface area contributed by atoms with Crippen LogP contribution >= 0.6 is 15.9 Å². The molecule has 258 valence electrons. The van der Waals surface area contributed by atoms with Gasteiger partial charge >= 0.3 is 21.1 Å². The smallest absolute Gasteiger partial charge is 0.405 e. The number of nitrogens with one attached hydrogen (secondary N) is 2. The number of hydrogen-bond acceptors (Lipinski definition) is 6. The van der Waals surface area contributed by atoms with E-state index in [1.807, 2.05) is 79.9 Å². The number of fused-ring (bicyclic) bond motifs is 2. The fraction of sp³-hybridized carbons (Fsp3) is 0.556. The second-order valence-electron chi connectivity index (χ2n) is 16.2. The van der Waals surface area contributed by atoms with Gasteiger partial charge in [-0.25, -0.2) is 0 Å². The van der Waals surface area contributed by atoms with Gasteiger partial charge in [0.2, 0.25) is 0 Å². The van der Waals surface area contributed by atoms with E-state index in [9.17, 15) is 0 Å². The van der Waals surface area contributed by atoms with E-state index < -0.39 is 14.0 Å². The summed E-state index contributed by atoms with van der Waals surface area (Å²) >= 11 is 3.51. The summed E-state index contributed by atoms with van der Waals surface area (Å²) in [6, 6.07) is 12.4. The third kappa shape index (κ3) is 6.83. The molecule has 7 rings (SSSR count). The summed E-state index contributed by atoms with van der Waals surface area (Å²) in [7, 11) is -1.25. The lowest BCUT2D eigenvalue weighted by Crippen LogP contribution is -2.41. The highest BCUT2D eigenvalue weighted by Crippen LogP contribution is 2.43. The van der Waals surface area contributed by atoms with Crippen LogP contribution in [0.4, 0.5) is 0 Å². The fourth-order valence-electron chi connectivity index (χ4n) is 5.86. The van der Waals surface area contributed by atoms with Crippen molar-refractivity contribution in [1.82, 2.24) is 9.97 Å². The fourth-order valence-corrected chi connectivity index (χ4v) is 6.54. The van der Waals surface area contributed by atoms with Gasteiger partial charge in [0.25, 0.3) is 0 Å². The third-order valence-corrected chi connectivity index (χ3v) is 11.7. The Morgan fingerprint density at radius 1 is 0.500 bits per heavy atom. The highest BCUT2D eigenvalue weighted by atomic mass is 79.9. The van der Waals surface area contributed by atoms with E-state index >= 15 is 0 Å².